The molecule has 2 aliphatic heterocycles. The zero-order valence-electron chi connectivity index (χ0n) is 8.68. The summed E-state index contributed by atoms with van der Waals surface area (Å²) in [5.74, 6) is -1.32. The molecule has 0 N–H and O–H groups in total. The zero-order chi connectivity index (χ0) is 12.7. The summed E-state index contributed by atoms with van der Waals surface area (Å²) in [5, 5.41) is 0.251. The third-order valence-corrected chi connectivity index (χ3v) is 4.79. The van der Waals surface area contributed by atoms with Crippen molar-refractivity contribution in [3.63, 3.8) is 0 Å². The summed E-state index contributed by atoms with van der Waals surface area (Å²) in [6.45, 7) is 0. The number of ether oxygens (including phenoxy) is 1. The normalized spacial score (nSPS) is 22.6. The Hall–Kier alpha value is -1.24. The molecule has 2 heterocycles. The number of nitrogens with zero attached hydrogens (tertiary/aromatic N) is 1. The summed E-state index contributed by atoms with van der Waals surface area (Å²) in [7, 11) is 2.46. The molecule has 1 aromatic carbocycles. The molecule has 0 atom stereocenters. The molecule has 0 spiro atoms. The van der Waals surface area contributed by atoms with Gasteiger partial charge >= 0.3 is 11.9 Å². The Labute approximate surface area is 115 Å². The van der Waals surface area contributed by atoms with Gasteiger partial charge in [0, 0.05) is 5.56 Å². The quantitative estimate of drug-likeness (QED) is 0.242. The first-order valence-electron chi connectivity index (χ1n) is 4.86. The van der Waals surface area contributed by atoms with Crippen molar-refractivity contribution in [2.45, 2.75) is 0 Å². The Morgan fingerprint density at radius 3 is 2.50 bits per heavy atom. The Bertz CT molecular complexity index is 639. The van der Waals surface area contributed by atoms with Crippen molar-refractivity contribution in [2.75, 3.05) is 0 Å². The lowest BCUT2D eigenvalue weighted by molar-refractivity contribution is -0.131. The number of fused-ring (bicyclic) bond motifs is 1. The average molecular weight is 298 g/mol. The minimum Gasteiger partial charge on any atom is -0.386 e. The molecule has 2 aliphatic rings. The van der Waals surface area contributed by atoms with E-state index in [4.69, 9.17) is 16.3 Å². The van der Waals surface area contributed by atoms with Crippen molar-refractivity contribution in [3.8, 4) is 0 Å². The van der Waals surface area contributed by atoms with Gasteiger partial charge in [-0.1, -0.05) is 29.8 Å². The van der Waals surface area contributed by atoms with E-state index in [2.05, 4.69) is 4.40 Å². The van der Waals surface area contributed by atoms with Crippen molar-refractivity contribution in [3.05, 3.63) is 40.3 Å². The van der Waals surface area contributed by atoms with E-state index in [1.807, 2.05) is 0 Å². The van der Waals surface area contributed by atoms with Crippen LogP contribution in [0.4, 0.5) is 0 Å². The maximum Gasteiger partial charge on any atom is 0.347 e. The molecule has 1 aromatic rings. The molecule has 0 amide bonds. The highest BCUT2D eigenvalue weighted by molar-refractivity contribution is 8.78. The molecule has 7 heteroatoms. The van der Waals surface area contributed by atoms with Crippen LogP contribution in [0.3, 0.4) is 0 Å². The maximum atomic E-state index is 11.9. The molecule has 4 nitrogen and oxygen atoms in total. The van der Waals surface area contributed by atoms with E-state index in [1.165, 1.54) is 21.8 Å². The molecule has 0 unspecified atom stereocenters. The van der Waals surface area contributed by atoms with Gasteiger partial charge in [0.05, 0.1) is 27.0 Å². The van der Waals surface area contributed by atoms with E-state index in [0.717, 1.165) is 0 Å². The molecule has 0 radical (unpaired) electrons. The molecule has 0 aromatic heterocycles. The van der Waals surface area contributed by atoms with Crippen LogP contribution >= 0.6 is 33.4 Å². The summed E-state index contributed by atoms with van der Waals surface area (Å²) in [4.78, 5) is 24.0. The van der Waals surface area contributed by atoms with Crippen molar-refractivity contribution >= 4 is 56.1 Å². The molecule has 90 valence electrons. The predicted octanol–water partition coefficient (Wildman–Crippen LogP) is 3.04. The van der Waals surface area contributed by atoms with Crippen LogP contribution < -0.4 is 0 Å². The molecule has 0 aliphatic carbocycles. The number of allylic oxidation sites excluding steroid dienone is 1. The van der Waals surface area contributed by atoms with Crippen LogP contribution in [0.1, 0.15) is 15.9 Å². The number of hydrogen-bond acceptors (Lipinski definition) is 6. The van der Waals surface area contributed by atoms with Crippen LogP contribution in [0.2, 0.25) is 0 Å². The molecule has 0 bridgehead atoms. The summed E-state index contributed by atoms with van der Waals surface area (Å²) in [6.07, 6.45) is 0. The van der Waals surface area contributed by atoms with Crippen LogP contribution in [0.15, 0.2) is 33.6 Å². The highest BCUT2D eigenvalue weighted by Crippen LogP contribution is 2.45. The van der Waals surface area contributed by atoms with Gasteiger partial charge in [0.25, 0.3) is 0 Å². The lowest BCUT2D eigenvalue weighted by Gasteiger charge is -2.17. The van der Waals surface area contributed by atoms with Gasteiger partial charge in [0.2, 0.25) is 0 Å². The first-order chi connectivity index (χ1) is 8.68. The van der Waals surface area contributed by atoms with Crippen LogP contribution in [0.5, 0.6) is 0 Å². The van der Waals surface area contributed by atoms with Gasteiger partial charge in [-0.25, -0.2) is 9.59 Å². The Kier molecular flexibility index (Phi) is 2.93. The van der Waals surface area contributed by atoms with Crippen LogP contribution in [-0.2, 0) is 9.53 Å². The van der Waals surface area contributed by atoms with Crippen LogP contribution in [0, 0.1) is 0 Å². The minimum atomic E-state index is -0.683. The maximum absolute atomic E-state index is 11.9. The number of benzene rings is 1. The summed E-state index contributed by atoms with van der Waals surface area (Å²) in [6, 6.07) is 6.78. The molecular formula is C11H4ClNO3S2. The standard InChI is InChI=1S/C11H4ClNO3S2/c12-9-8(17-18-13-9)7-5-3-1-2-4-6(5)10(14)16-11(7)15/h1-4H/b8-7-. The third-order valence-electron chi connectivity index (χ3n) is 2.46. The first-order valence-corrected chi connectivity index (χ1v) is 7.34. The SMILES string of the molecule is O=C1OC(=O)c2ccccc2/C1=C1/SSN=C1Cl. The summed E-state index contributed by atoms with van der Waals surface area (Å²) < 4.78 is 8.64. The van der Waals surface area contributed by atoms with Crippen LogP contribution in [-0.4, -0.2) is 17.1 Å². The number of carbonyl (C=O) groups excluding carboxylic acids is 2. The molecular weight excluding hydrogens is 294 g/mol. The Morgan fingerprint density at radius 2 is 1.83 bits per heavy atom. The van der Waals surface area contributed by atoms with E-state index in [1.54, 1.807) is 24.3 Å². The van der Waals surface area contributed by atoms with E-state index in [0.29, 0.717) is 21.6 Å². The van der Waals surface area contributed by atoms with Gasteiger partial charge in [0.15, 0.2) is 5.17 Å². The first kappa shape index (κ1) is 11.8. The second kappa shape index (κ2) is 4.46. The average Bonchev–Trinajstić information content (AvgIpc) is 2.76. The van der Waals surface area contributed by atoms with Gasteiger partial charge in [-0.15, -0.1) is 0 Å². The number of rotatable bonds is 0. The second-order valence-electron chi connectivity index (χ2n) is 3.47. The summed E-state index contributed by atoms with van der Waals surface area (Å²) >= 11 is 5.94. The Morgan fingerprint density at radius 1 is 1.11 bits per heavy atom. The zero-order valence-corrected chi connectivity index (χ0v) is 11.1. The van der Waals surface area contributed by atoms with Crippen molar-refractivity contribution in [1.29, 1.82) is 0 Å². The lowest BCUT2D eigenvalue weighted by atomic mass is 9.97. The van der Waals surface area contributed by atoms with Gasteiger partial charge in [0.1, 0.15) is 0 Å². The van der Waals surface area contributed by atoms with E-state index in [9.17, 15) is 9.59 Å². The van der Waals surface area contributed by atoms with E-state index >= 15 is 0 Å². The van der Waals surface area contributed by atoms with Crippen LogP contribution in [0.25, 0.3) is 5.57 Å². The molecule has 18 heavy (non-hydrogen) atoms. The Balaban J connectivity index is 2.28. The predicted molar refractivity (Wildman–Crippen MR) is 72.3 cm³/mol. The van der Waals surface area contributed by atoms with Crippen molar-refractivity contribution < 1.29 is 14.3 Å². The number of cyclic esters (lactones) is 2. The number of esters is 2. The van der Waals surface area contributed by atoms with E-state index in [-0.39, 0.29) is 5.17 Å². The monoisotopic (exact) mass is 297 g/mol. The van der Waals surface area contributed by atoms with Crippen molar-refractivity contribution in [2.24, 2.45) is 4.40 Å². The smallest absolute Gasteiger partial charge is 0.347 e. The molecule has 0 fully saturated rings. The van der Waals surface area contributed by atoms with Crippen molar-refractivity contribution in [1.82, 2.24) is 0 Å². The fourth-order valence-electron chi connectivity index (χ4n) is 1.70. The fraction of sp³-hybridized carbons (Fsp3) is 0. The van der Waals surface area contributed by atoms with Gasteiger partial charge in [-0.05, 0) is 16.9 Å². The molecule has 3 rings (SSSR count). The number of carbonyl (C=O) groups is 2. The number of halogens is 1. The third kappa shape index (κ3) is 1.77. The van der Waals surface area contributed by atoms with Gasteiger partial charge in [-0.3, -0.25) is 0 Å². The van der Waals surface area contributed by atoms with E-state index < -0.39 is 11.9 Å². The molecule has 0 saturated heterocycles. The topological polar surface area (TPSA) is 55.7 Å². The highest BCUT2D eigenvalue weighted by atomic mass is 35.5. The number of hydrogen-bond donors (Lipinski definition) is 0. The fourth-order valence-corrected chi connectivity index (χ4v) is 4.04. The summed E-state index contributed by atoms with van der Waals surface area (Å²) in [5.41, 5.74) is 1.20. The van der Waals surface area contributed by atoms with Gasteiger partial charge in [-0.2, -0.15) is 4.40 Å². The minimum absolute atomic E-state index is 0.251. The highest BCUT2D eigenvalue weighted by Gasteiger charge is 2.34. The molecule has 0 saturated carbocycles. The second-order valence-corrected chi connectivity index (χ2v) is 5.68. The largest absolute Gasteiger partial charge is 0.386 e. The lowest BCUT2D eigenvalue weighted by Crippen LogP contribution is -2.23. The van der Waals surface area contributed by atoms with Gasteiger partial charge < -0.3 is 4.74 Å².